The Morgan fingerprint density at radius 2 is 2.04 bits per heavy atom. The van der Waals surface area contributed by atoms with E-state index in [1.54, 1.807) is 0 Å². The SMILES string of the molecule is CC(C)(C)OC(=O)N[C@@H](Cc1ccc(Br)cc1)[C@@H]1CCC(=O)O1. The van der Waals surface area contributed by atoms with E-state index in [4.69, 9.17) is 9.47 Å². The molecule has 0 aliphatic carbocycles. The lowest BCUT2D eigenvalue weighted by Gasteiger charge is -2.26. The summed E-state index contributed by atoms with van der Waals surface area (Å²) in [6.07, 6.45) is 0.749. The third-order valence-corrected chi connectivity index (χ3v) is 3.96. The van der Waals surface area contributed by atoms with Crippen molar-refractivity contribution in [3.05, 3.63) is 34.3 Å². The summed E-state index contributed by atoms with van der Waals surface area (Å²) in [7, 11) is 0. The van der Waals surface area contributed by atoms with Gasteiger partial charge in [0.1, 0.15) is 11.7 Å². The molecule has 1 aromatic carbocycles. The van der Waals surface area contributed by atoms with Crippen LogP contribution in [0.15, 0.2) is 28.7 Å². The van der Waals surface area contributed by atoms with E-state index < -0.39 is 11.7 Å². The van der Waals surface area contributed by atoms with Gasteiger partial charge in [-0.2, -0.15) is 0 Å². The van der Waals surface area contributed by atoms with E-state index in [-0.39, 0.29) is 18.1 Å². The number of hydrogen-bond acceptors (Lipinski definition) is 4. The summed E-state index contributed by atoms with van der Waals surface area (Å²) in [6, 6.07) is 7.54. The lowest BCUT2D eigenvalue weighted by atomic mass is 9.99. The molecule has 1 aliphatic rings. The van der Waals surface area contributed by atoms with Gasteiger partial charge in [0, 0.05) is 10.9 Å². The van der Waals surface area contributed by atoms with E-state index in [1.807, 2.05) is 45.0 Å². The van der Waals surface area contributed by atoms with E-state index >= 15 is 0 Å². The van der Waals surface area contributed by atoms with Crippen molar-refractivity contribution in [2.45, 2.75) is 57.8 Å². The van der Waals surface area contributed by atoms with Gasteiger partial charge in [-0.15, -0.1) is 0 Å². The second kappa shape index (κ2) is 7.34. The summed E-state index contributed by atoms with van der Waals surface area (Å²) in [5, 5.41) is 2.85. The molecule has 1 fully saturated rings. The molecule has 1 aliphatic heterocycles. The molecule has 0 spiro atoms. The fraction of sp³-hybridized carbons (Fsp3) is 0.529. The average molecular weight is 384 g/mol. The number of alkyl carbamates (subject to hydrolysis) is 1. The molecule has 0 aromatic heterocycles. The second-order valence-electron chi connectivity index (χ2n) is 6.65. The number of rotatable bonds is 4. The number of esters is 1. The molecular weight excluding hydrogens is 362 g/mol. The van der Waals surface area contributed by atoms with Crippen molar-refractivity contribution < 1.29 is 19.1 Å². The van der Waals surface area contributed by atoms with Crippen molar-refractivity contribution in [3.63, 3.8) is 0 Å². The second-order valence-corrected chi connectivity index (χ2v) is 7.57. The topological polar surface area (TPSA) is 64.6 Å². The molecule has 0 saturated carbocycles. The van der Waals surface area contributed by atoms with E-state index in [0.717, 1.165) is 10.0 Å². The third kappa shape index (κ3) is 5.86. The molecule has 1 amide bonds. The van der Waals surface area contributed by atoms with Crippen LogP contribution in [0.1, 0.15) is 39.2 Å². The van der Waals surface area contributed by atoms with Crippen LogP contribution < -0.4 is 5.32 Å². The first kappa shape index (κ1) is 17.8. The van der Waals surface area contributed by atoms with Crippen molar-refractivity contribution in [1.29, 1.82) is 0 Å². The maximum atomic E-state index is 12.1. The minimum absolute atomic E-state index is 0.221. The van der Waals surface area contributed by atoms with Gasteiger partial charge in [0.2, 0.25) is 0 Å². The summed E-state index contributed by atoms with van der Waals surface area (Å²) in [6.45, 7) is 5.43. The monoisotopic (exact) mass is 383 g/mol. The number of benzene rings is 1. The van der Waals surface area contributed by atoms with Crippen molar-refractivity contribution in [3.8, 4) is 0 Å². The Labute approximate surface area is 144 Å². The van der Waals surface area contributed by atoms with Gasteiger partial charge in [0.05, 0.1) is 6.04 Å². The van der Waals surface area contributed by atoms with Gasteiger partial charge in [-0.25, -0.2) is 4.79 Å². The number of ether oxygens (including phenoxy) is 2. The molecule has 1 saturated heterocycles. The van der Waals surface area contributed by atoms with E-state index in [2.05, 4.69) is 21.2 Å². The van der Waals surface area contributed by atoms with Crippen molar-refractivity contribution in [2.75, 3.05) is 0 Å². The highest BCUT2D eigenvalue weighted by Gasteiger charge is 2.33. The fourth-order valence-corrected chi connectivity index (χ4v) is 2.70. The van der Waals surface area contributed by atoms with Crippen LogP contribution in [0.4, 0.5) is 4.79 Å². The number of hydrogen-bond donors (Lipinski definition) is 1. The summed E-state index contributed by atoms with van der Waals surface area (Å²) >= 11 is 3.40. The molecule has 2 rings (SSSR count). The van der Waals surface area contributed by atoms with Gasteiger partial charge >= 0.3 is 12.1 Å². The molecule has 0 radical (unpaired) electrons. The molecule has 2 atom stereocenters. The van der Waals surface area contributed by atoms with Gasteiger partial charge < -0.3 is 14.8 Å². The summed E-state index contributed by atoms with van der Waals surface area (Å²) in [4.78, 5) is 23.5. The number of carbonyl (C=O) groups is 2. The van der Waals surface area contributed by atoms with Gasteiger partial charge in [-0.3, -0.25) is 4.79 Å². The van der Waals surface area contributed by atoms with Crippen LogP contribution in [0.2, 0.25) is 0 Å². The van der Waals surface area contributed by atoms with Gasteiger partial charge in [-0.05, 0) is 51.3 Å². The summed E-state index contributed by atoms with van der Waals surface area (Å²) < 4.78 is 11.6. The van der Waals surface area contributed by atoms with Crippen LogP contribution in [0.25, 0.3) is 0 Å². The van der Waals surface area contributed by atoms with Crippen LogP contribution >= 0.6 is 15.9 Å². The first-order valence-corrected chi connectivity index (χ1v) is 8.46. The van der Waals surface area contributed by atoms with Crippen LogP contribution in [0.3, 0.4) is 0 Å². The minimum atomic E-state index is -0.571. The molecule has 1 N–H and O–H groups in total. The minimum Gasteiger partial charge on any atom is -0.460 e. The third-order valence-electron chi connectivity index (χ3n) is 3.44. The Morgan fingerprint density at radius 3 is 2.57 bits per heavy atom. The highest BCUT2D eigenvalue weighted by atomic mass is 79.9. The predicted molar refractivity (Wildman–Crippen MR) is 90.1 cm³/mol. The Morgan fingerprint density at radius 1 is 1.39 bits per heavy atom. The zero-order valence-corrected chi connectivity index (χ0v) is 15.2. The number of halogens is 1. The Hall–Kier alpha value is -1.56. The molecule has 5 nitrogen and oxygen atoms in total. The van der Waals surface area contributed by atoms with Gasteiger partial charge in [0.25, 0.3) is 0 Å². The summed E-state index contributed by atoms with van der Waals surface area (Å²) in [5.74, 6) is -0.221. The number of cyclic esters (lactones) is 1. The number of amides is 1. The Bertz CT molecular complexity index is 565. The van der Waals surface area contributed by atoms with E-state index in [0.29, 0.717) is 19.3 Å². The largest absolute Gasteiger partial charge is 0.460 e. The molecule has 1 heterocycles. The van der Waals surface area contributed by atoms with Crippen LogP contribution in [0.5, 0.6) is 0 Å². The maximum Gasteiger partial charge on any atom is 0.408 e. The molecule has 126 valence electrons. The van der Waals surface area contributed by atoms with E-state index in [1.165, 1.54) is 0 Å². The molecular formula is C17H22BrNO4. The first-order chi connectivity index (χ1) is 10.7. The van der Waals surface area contributed by atoms with E-state index in [9.17, 15) is 9.59 Å². The maximum absolute atomic E-state index is 12.1. The van der Waals surface area contributed by atoms with Crippen LogP contribution in [0, 0.1) is 0 Å². The fourth-order valence-electron chi connectivity index (χ4n) is 2.44. The van der Waals surface area contributed by atoms with Crippen LogP contribution in [-0.2, 0) is 20.7 Å². The number of carbonyl (C=O) groups excluding carboxylic acids is 2. The van der Waals surface area contributed by atoms with Crippen LogP contribution in [-0.4, -0.2) is 29.8 Å². The molecule has 23 heavy (non-hydrogen) atoms. The standard InChI is InChI=1S/C17H22BrNO4/c1-17(2,3)23-16(21)19-13(14-8-9-15(20)22-14)10-11-4-6-12(18)7-5-11/h4-7,13-14H,8-10H2,1-3H3,(H,19,21)/t13-,14-/m0/s1. The number of nitrogens with one attached hydrogen (secondary N) is 1. The normalized spacial score (nSPS) is 19.1. The lowest BCUT2D eigenvalue weighted by molar-refractivity contribution is -0.142. The van der Waals surface area contributed by atoms with Crippen molar-refractivity contribution >= 4 is 28.0 Å². The smallest absolute Gasteiger partial charge is 0.408 e. The molecule has 1 aromatic rings. The van der Waals surface area contributed by atoms with Crippen molar-refractivity contribution in [2.24, 2.45) is 0 Å². The van der Waals surface area contributed by atoms with Crippen molar-refractivity contribution in [1.82, 2.24) is 5.32 Å². The van der Waals surface area contributed by atoms with Gasteiger partial charge in [0.15, 0.2) is 0 Å². The zero-order valence-electron chi connectivity index (χ0n) is 13.6. The summed E-state index contributed by atoms with van der Waals surface area (Å²) in [5.41, 5.74) is 0.482. The molecule has 6 heteroatoms. The highest BCUT2D eigenvalue weighted by Crippen LogP contribution is 2.21. The first-order valence-electron chi connectivity index (χ1n) is 7.66. The molecule has 0 unspecified atom stereocenters. The Kier molecular flexibility index (Phi) is 5.68. The predicted octanol–water partition coefficient (Wildman–Crippen LogP) is 3.59. The Balaban J connectivity index is 2.06. The zero-order chi connectivity index (χ0) is 17.0. The lowest BCUT2D eigenvalue weighted by Crippen LogP contribution is -2.46. The highest BCUT2D eigenvalue weighted by molar-refractivity contribution is 9.10. The molecule has 0 bridgehead atoms. The van der Waals surface area contributed by atoms with Gasteiger partial charge in [-0.1, -0.05) is 28.1 Å². The quantitative estimate of drug-likeness (QED) is 0.806. The average Bonchev–Trinajstić information content (AvgIpc) is 2.85.